The summed E-state index contributed by atoms with van der Waals surface area (Å²) < 4.78 is 56.5. The third kappa shape index (κ3) is 4.54. The molecule has 1 aliphatic heterocycles. The van der Waals surface area contributed by atoms with E-state index in [1.165, 1.54) is 6.20 Å². The van der Waals surface area contributed by atoms with E-state index >= 15 is 4.39 Å². The lowest BCUT2D eigenvalue weighted by molar-refractivity contribution is 0.103. The Kier molecular flexibility index (Phi) is 5.85. The van der Waals surface area contributed by atoms with Crippen LogP contribution in [0.1, 0.15) is 34.8 Å². The smallest absolute Gasteiger partial charge is 0.229 e. The van der Waals surface area contributed by atoms with E-state index in [9.17, 15) is 17.6 Å². The highest BCUT2D eigenvalue weighted by Crippen LogP contribution is 2.30. The van der Waals surface area contributed by atoms with Gasteiger partial charge in [-0.1, -0.05) is 0 Å². The first-order valence-electron chi connectivity index (χ1n) is 10.9. The van der Waals surface area contributed by atoms with Crippen LogP contribution in [-0.4, -0.2) is 53.3 Å². The largest absolute Gasteiger partial charge is 0.345 e. The monoisotopic (exact) mass is 500 g/mol. The first kappa shape index (κ1) is 23.1. The Balaban J connectivity index is 1.52. The minimum Gasteiger partial charge on any atom is -0.345 e. The summed E-state index contributed by atoms with van der Waals surface area (Å²) in [6.45, 7) is 1.85. The molecule has 35 heavy (non-hydrogen) atoms. The summed E-state index contributed by atoms with van der Waals surface area (Å²) in [5.74, 6) is -3.33. The minimum absolute atomic E-state index is 0.00871. The van der Waals surface area contributed by atoms with Crippen LogP contribution >= 0.6 is 0 Å². The molecule has 12 heteroatoms. The van der Waals surface area contributed by atoms with Gasteiger partial charge in [-0.3, -0.25) is 14.2 Å². The van der Waals surface area contributed by atoms with Crippen LogP contribution in [0.2, 0.25) is 0 Å². The fourth-order valence-corrected chi connectivity index (χ4v) is 4.84. The lowest BCUT2D eigenvalue weighted by Gasteiger charge is -2.22. The van der Waals surface area contributed by atoms with E-state index in [4.69, 9.17) is 0 Å². The lowest BCUT2D eigenvalue weighted by Crippen LogP contribution is -2.29. The first-order valence-corrected chi connectivity index (χ1v) is 12.8. The van der Waals surface area contributed by atoms with Gasteiger partial charge in [0.15, 0.2) is 5.82 Å². The van der Waals surface area contributed by atoms with Crippen molar-refractivity contribution < 1.29 is 22.0 Å². The average Bonchev–Trinajstić information content (AvgIpc) is 3.48. The van der Waals surface area contributed by atoms with Gasteiger partial charge in [-0.25, -0.2) is 22.2 Å². The van der Waals surface area contributed by atoms with E-state index in [-0.39, 0.29) is 5.56 Å². The minimum atomic E-state index is -3.84. The van der Waals surface area contributed by atoms with Gasteiger partial charge in [0.1, 0.15) is 11.5 Å². The van der Waals surface area contributed by atoms with E-state index in [1.54, 1.807) is 18.5 Å². The van der Waals surface area contributed by atoms with Crippen molar-refractivity contribution >= 4 is 32.5 Å². The van der Waals surface area contributed by atoms with Crippen molar-refractivity contribution in [3.05, 3.63) is 65.7 Å². The Morgan fingerprint density at radius 3 is 2.69 bits per heavy atom. The van der Waals surface area contributed by atoms with E-state index in [1.807, 2.05) is 15.6 Å². The number of pyridine rings is 1. The number of fused-ring (bicyclic) bond motifs is 1. The number of carbonyl (C=O) groups is 1. The number of nitrogens with one attached hydrogen (secondary N) is 3. The summed E-state index contributed by atoms with van der Waals surface area (Å²) in [7, 11) is -3.84. The van der Waals surface area contributed by atoms with Crippen LogP contribution in [0.3, 0.4) is 0 Å². The summed E-state index contributed by atoms with van der Waals surface area (Å²) in [5.41, 5.74) is 0.502. The number of H-pyrrole nitrogens is 1. The molecule has 0 spiro atoms. The third-order valence-corrected chi connectivity index (χ3v) is 6.60. The predicted molar refractivity (Wildman–Crippen MR) is 127 cm³/mol. The van der Waals surface area contributed by atoms with Crippen LogP contribution in [0.5, 0.6) is 0 Å². The topological polar surface area (TPSA) is 122 Å². The van der Waals surface area contributed by atoms with Crippen molar-refractivity contribution in [2.75, 3.05) is 24.1 Å². The molecule has 0 atom stereocenters. The van der Waals surface area contributed by atoms with Crippen LogP contribution in [0.15, 0.2) is 43.0 Å². The number of aromatic amines is 1. The van der Waals surface area contributed by atoms with Gasteiger partial charge < -0.3 is 10.3 Å². The molecule has 182 valence electrons. The molecule has 1 aliphatic rings. The molecule has 3 N–H and O–H groups in total. The van der Waals surface area contributed by atoms with E-state index in [0.717, 1.165) is 49.9 Å². The van der Waals surface area contributed by atoms with Crippen molar-refractivity contribution in [1.82, 2.24) is 25.1 Å². The molecule has 4 aromatic rings. The Morgan fingerprint density at radius 2 is 1.94 bits per heavy atom. The number of hydrogen-bond acceptors (Lipinski definition) is 6. The number of carbonyl (C=O) groups excluding carboxylic acids is 1. The summed E-state index contributed by atoms with van der Waals surface area (Å²) in [4.78, 5) is 20.4. The van der Waals surface area contributed by atoms with Gasteiger partial charge >= 0.3 is 0 Å². The average molecular weight is 501 g/mol. The summed E-state index contributed by atoms with van der Waals surface area (Å²) >= 11 is 0. The molecule has 3 aromatic heterocycles. The van der Waals surface area contributed by atoms with Crippen LogP contribution in [0.25, 0.3) is 22.2 Å². The second kappa shape index (κ2) is 8.86. The van der Waals surface area contributed by atoms with E-state index < -0.39 is 38.7 Å². The van der Waals surface area contributed by atoms with Gasteiger partial charge in [0.05, 0.1) is 29.7 Å². The molecule has 5 rings (SSSR count). The zero-order valence-corrected chi connectivity index (χ0v) is 19.5. The number of piperidine rings is 1. The molecule has 0 bridgehead atoms. The molecular formula is C23H22F2N6O3S. The Labute approximate surface area is 199 Å². The van der Waals surface area contributed by atoms with Gasteiger partial charge in [0.2, 0.25) is 15.8 Å². The third-order valence-electron chi connectivity index (χ3n) is 6.01. The van der Waals surface area contributed by atoms with Crippen LogP contribution in [-0.2, 0) is 10.0 Å². The number of hydrogen-bond donors (Lipinski definition) is 3. The summed E-state index contributed by atoms with van der Waals surface area (Å²) in [5, 5.41) is 8.18. The maximum absolute atomic E-state index is 15.0. The molecule has 0 aliphatic carbocycles. The zero-order chi connectivity index (χ0) is 24.7. The molecule has 1 saturated heterocycles. The molecular weight excluding hydrogens is 478 g/mol. The molecule has 9 nitrogen and oxygen atoms in total. The molecule has 0 amide bonds. The second-order valence-corrected chi connectivity index (χ2v) is 10.2. The van der Waals surface area contributed by atoms with Crippen LogP contribution in [0.4, 0.5) is 14.5 Å². The van der Waals surface area contributed by atoms with Gasteiger partial charge in [-0.15, -0.1) is 0 Å². The van der Waals surface area contributed by atoms with Crippen molar-refractivity contribution in [2.24, 2.45) is 0 Å². The zero-order valence-electron chi connectivity index (χ0n) is 18.7. The van der Waals surface area contributed by atoms with E-state index in [0.29, 0.717) is 22.6 Å². The lowest BCUT2D eigenvalue weighted by atomic mass is 10.0. The summed E-state index contributed by atoms with van der Waals surface area (Å²) in [6, 6.07) is 3.78. The highest BCUT2D eigenvalue weighted by Gasteiger charge is 2.25. The number of sulfonamides is 1. The maximum Gasteiger partial charge on any atom is 0.229 e. The number of anilines is 1. The highest BCUT2D eigenvalue weighted by molar-refractivity contribution is 7.92. The number of benzene rings is 1. The maximum atomic E-state index is 15.0. The fourth-order valence-electron chi connectivity index (χ4n) is 4.28. The van der Waals surface area contributed by atoms with Crippen molar-refractivity contribution in [3.63, 3.8) is 0 Å². The quantitative estimate of drug-likeness (QED) is 0.350. The molecule has 0 saturated carbocycles. The van der Waals surface area contributed by atoms with Crippen molar-refractivity contribution in [2.45, 2.75) is 18.9 Å². The molecule has 1 aromatic carbocycles. The Morgan fingerprint density at radius 1 is 1.17 bits per heavy atom. The van der Waals surface area contributed by atoms with Gasteiger partial charge in [-0.2, -0.15) is 5.10 Å². The molecule has 0 radical (unpaired) electrons. The van der Waals surface area contributed by atoms with Crippen molar-refractivity contribution in [1.29, 1.82) is 0 Å². The van der Waals surface area contributed by atoms with Crippen molar-refractivity contribution in [3.8, 4) is 11.1 Å². The molecule has 0 unspecified atom stereocenters. The normalized spacial score (nSPS) is 14.9. The number of aromatic nitrogens is 4. The summed E-state index contributed by atoms with van der Waals surface area (Å²) in [6.07, 6.45) is 9.38. The Bertz CT molecular complexity index is 1540. The highest BCUT2D eigenvalue weighted by atomic mass is 32.2. The number of rotatable bonds is 6. The SMILES string of the molecule is CS(=O)(=O)Nc1ccc(F)c(C(=O)c2c[nH]c3ncc(-c4cnn(C5CCNCC5)c4)cc23)c1F. The second-order valence-electron chi connectivity index (χ2n) is 8.50. The standard InChI is InChI=1S/C23H22F2N6O3S/c1-35(33,34)30-19-3-2-18(24)20(21(19)25)22(32)17-11-28-23-16(17)8-13(9-27-23)14-10-29-31(12-14)15-4-6-26-7-5-15/h2-3,8-12,15,26,30H,4-7H2,1H3,(H,27,28). The molecule has 4 heterocycles. The van der Waals surface area contributed by atoms with Gasteiger partial charge in [0.25, 0.3) is 0 Å². The fraction of sp³-hybridized carbons (Fsp3) is 0.261. The van der Waals surface area contributed by atoms with Gasteiger partial charge in [0, 0.05) is 40.7 Å². The van der Waals surface area contributed by atoms with E-state index in [2.05, 4.69) is 20.4 Å². The Hall–Kier alpha value is -3.64. The van der Waals surface area contributed by atoms with Crippen LogP contribution < -0.4 is 10.0 Å². The van der Waals surface area contributed by atoms with Crippen LogP contribution in [0, 0.1) is 11.6 Å². The van der Waals surface area contributed by atoms with Gasteiger partial charge in [-0.05, 0) is 44.1 Å². The number of nitrogens with zero attached hydrogens (tertiary/aromatic N) is 3. The predicted octanol–water partition coefficient (Wildman–Crippen LogP) is 3.23. The molecule has 1 fully saturated rings. The number of halogens is 2. The number of ketones is 1. The first-order chi connectivity index (χ1) is 16.7.